The first kappa shape index (κ1) is 16.4. The molecule has 1 heterocycles. The largest absolute Gasteiger partial charge is 0.316 e. The van der Waals surface area contributed by atoms with Gasteiger partial charge in [0.15, 0.2) is 0 Å². The molecule has 0 aliphatic carbocycles. The van der Waals surface area contributed by atoms with Crippen molar-refractivity contribution in [3.05, 3.63) is 29.6 Å². The molecule has 1 aliphatic rings. The number of sulfonamides is 1. The lowest BCUT2D eigenvalue weighted by Gasteiger charge is -2.27. The van der Waals surface area contributed by atoms with Crippen LogP contribution < -0.4 is 5.32 Å². The van der Waals surface area contributed by atoms with E-state index >= 15 is 0 Å². The summed E-state index contributed by atoms with van der Waals surface area (Å²) in [6, 6.07) is 4.18. The molecule has 0 saturated carbocycles. The number of hydrogen-bond donors (Lipinski definition) is 1. The molecule has 2 unspecified atom stereocenters. The minimum atomic E-state index is -3.79. The van der Waals surface area contributed by atoms with E-state index in [2.05, 4.69) is 5.32 Å². The zero-order valence-electron chi connectivity index (χ0n) is 12.8. The summed E-state index contributed by atoms with van der Waals surface area (Å²) in [5.74, 6) is -0.677. The summed E-state index contributed by atoms with van der Waals surface area (Å²) < 4.78 is 41.3. The minimum absolute atomic E-state index is 0.0302. The zero-order valence-corrected chi connectivity index (χ0v) is 13.6. The van der Waals surface area contributed by atoms with Gasteiger partial charge < -0.3 is 5.32 Å². The van der Waals surface area contributed by atoms with E-state index in [4.69, 9.17) is 0 Å². The summed E-state index contributed by atoms with van der Waals surface area (Å²) in [7, 11) is -2.02. The van der Waals surface area contributed by atoms with Gasteiger partial charge in [0.1, 0.15) is 10.7 Å². The highest BCUT2D eigenvalue weighted by molar-refractivity contribution is 7.89. The molecule has 4 nitrogen and oxygen atoms in total. The number of halogens is 1. The standard InChI is InChI=1S/C15H23FN2O2S/c1-4-13-7-5-11(2)18(13)21(19,20)15-9-12(10-17-3)6-8-14(15)16/h6,8-9,11,13,17H,4-5,7,10H2,1-3H3. The average Bonchev–Trinajstić information content (AvgIpc) is 2.83. The van der Waals surface area contributed by atoms with Crippen molar-refractivity contribution in [3.8, 4) is 0 Å². The van der Waals surface area contributed by atoms with Gasteiger partial charge in [0.2, 0.25) is 10.0 Å². The van der Waals surface area contributed by atoms with Crippen molar-refractivity contribution in [2.45, 2.75) is 56.6 Å². The Hall–Kier alpha value is -0.980. The number of benzene rings is 1. The highest BCUT2D eigenvalue weighted by Crippen LogP contribution is 2.33. The van der Waals surface area contributed by atoms with Crippen LogP contribution in [0.25, 0.3) is 0 Å². The minimum Gasteiger partial charge on any atom is -0.316 e. The van der Waals surface area contributed by atoms with Crippen LogP contribution in [0.15, 0.2) is 23.1 Å². The summed E-state index contributed by atoms with van der Waals surface area (Å²) in [6.07, 6.45) is 2.42. The second-order valence-electron chi connectivity index (χ2n) is 5.62. The quantitative estimate of drug-likeness (QED) is 0.908. The highest BCUT2D eigenvalue weighted by atomic mass is 32.2. The second-order valence-corrected chi connectivity index (χ2v) is 7.43. The number of rotatable bonds is 5. The Morgan fingerprint density at radius 3 is 2.71 bits per heavy atom. The molecule has 0 aromatic heterocycles. The third kappa shape index (κ3) is 3.12. The van der Waals surface area contributed by atoms with Crippen LogP contribution in [0.2, 0.25) is 0 Å². The molecule has 2 atom stereocenters. The molecule has 6 heteroatoms. The third-order valence-corrected chi connectivity index (χ3v) is 6.20. The van der Waals surface area contributed by atoms with Crippen molar-refractivity contribution in [1.82, 2.24) is 9.62 Å². The Bertz CT molecular complexity index is 604. The highest BCUT2D eigenvalue weighted by Gasteiger charge is 2.40. The van der Waals surface area contributed by atoms with Crippen LogP contribution in [0.3, 0.4) is 0 Å². The van der Waals surface area contributed by atoms with Crippen LogP contribution in [-0.2, 0) is 16.6 Å². The molecular weight excluding hydrogens is 291 g/mol. The van der Waals surface area contributed by atoms with Crippen LogP contribution in [0.1, 0.15) is 38.7 Å². The van der Waals surface area contributed by atoms with Crippen molar-refractivity contribution in [2.75, 3.05) is 7.05 Å². The van der Waals surface area contributed by atoms with Gasteiger partial charge >= 0.3 is 0 Å². The zero-order chi connectivity index (χ0) is 15.6. The lowest BCUT2D eigenvalue weighted by Crippen LogP contribution is -2.40. The Labute approximate surface area is 126 Å². The van der Waals surface area contributed by atoms with E-state index in [9.17, 15) is 12.8 Å². The van der Waals surface area contributed by atoms with E-state index < -0.39 is 15.8 Å². The monoisotopic (exact) mass is 314 g/mol. The van der Waals surface area contributed by atoms with Gasteiger partial charge in [-0.05, 0) is 50.9 Å². The van der Waals surface area contributed by atoms with Crippen molar-refractivity contribution in [1.29, 1.82) is 0 Å². The van der Waals surface area contributed by atoms with Gasteiger partial charge in [-0.15, -0.1) is 0 Å². The molecule has 0 amide bonds. The van der Waals surface area contributed by atoms with Gasteiger partial charge in [0, 0.05) is 18.6 Å². The number of nitrogens with zero attached hydrogens (tertiary/aromatic N) is 1. The molecule has 1 aromatic carbocycles. The van der Waals surface area contributed by atoms with Crippen molar-refractivity contribution in [2.24, 2.45) is 0 Å². The first-order valence-electron chi connectivity index (χ1n) is 7.38. The van der Waals surface area contributed by atoms with E-state index in [1.807, 2.05) is 13.8 Å². The van der Waals surface area contributed by atoms with Crippen LogP contribution >= 0.6 is 0 Å². The molecule has 0 bridgehead atoms. The average molecular weight is 314 g/mol. The summed E-state index contributed by atoms with van der Waals surface area (Å²) in [5.41, 5.74) is 0.761. The normalized spacial score (nSPS) is 23.6. The van der Waals surface area contributed by atoms with Crippen LogP contribution in [0, 0.1) is 5.82 Å². The predicted octanol–water partition coefficient (Wildman–Crippen LogP) is 2.50. The first-order chi connectivity index (χ1) is 9.91. The fraction of sp³-hybridized carbons (Fsp3) is 0.600. The molecule has 21 heavy (non-hydrogen) atoms. The maximum absolute atomic E-state index is 14.1. The van der Waals surface area contributed by atoms with Gasteiger partial charge in [0.05, 0.1) is 0 Å². The Morgan fingerprint density at radius 1 is 1.38 bits per heavy atom. The summed E-state index contributed by atoms with van der Waals surface area (Å²) in [4.78, 5) is -0.206. The Morgan fingerprint density at radius 2 is 2.10 bits per heavy atom. The van der Waals surface area contributed by atoms with Gasteiger partial charge in [0.25, 0.3) is 0 Å². The molecule has 0 radical (unpaired) electrons. The Balaban J connectivity index is 2.45. The third-order valence-electron chi connectivity index (χ3n) is 4.12. The first-order valence-corrected chi connectivity index (χ1v) is 8.82. The topological polar surface area (TPSA) is 49.4 Å². The molecule has 1 saturated heterocycles. The predicted molar refractivity (Wildman–Crippen MR) is 81.0 cm³/mol. The van der Waals surface area contributed by atoms with Gasteiger partial charge in [-0.1, -0.05) is 13.0 Å². The SMILES string of the molecule is CCC1CCC(C)N1S(=O)(=O)c1cc(CNC)ccc1F. The molecule has 1 aromatic rings. The van der Waals surface area contributed by atoms with Crippen molar-refractivity contribution in [3.63, 3.8) is 0 Å². The summed E-state index contributed by atoms with van der Waals surface area (Å²) >= 11 is 0. The van der Waals surface area contributed by atoms with Crippen LogP contribution in [0.5, 0.6) is 0 Å². The van der Waals surface area contributed by atoms with Gasteiger partial charge in [-0.3, -0.25) is 0 Å². The molecule has 118 valence electrons. The fourth-order valence-corrected chi connectivity index (χ4v) is 5.11. The second kappa shape index (κ2) is 6.42. The fourth-order valence-electron chi connectivity index (χ4n) is 3.04. The summed E-state index contributed by atoms with van der Waals surface area (Å²) in [5, 5.41) is 2.95. The lowest BCUT2D eigenvalue weighted by molar-refractivity contribution is 0.327. The molecule has 1 fully saturated rings. The Kier molecular flexibility index (Phi) is 5.01. The van der Waals surface area contributed by atoms with E-state index in [1.54, 1.807) is 13.1 Å². The molecule has 2 rings (SSSR count). The maximum Gasteiger partial charge on any atom is 0.246 e. The van der Waals surface area contributed by atoms with E-state index in [0.29, 0.717) is 6.54 Å². The van der Waals surface area contributed by atoms with Crippen molar-refractivity contribution < 1.29 is 12.8 Å². The number of hydrogen-bond acceptors (Lipinski definition) is 3. The summed E-state index contributed by atoms with van der Waals surface area (Å²) in [6.45, 7) is 4.37. The molecule has 0 spiro atoms. The smallest absolute Gasteiger partial charge is 0.246 e. The number of nitrogens with one attached hydrogen (secondary N) is 1. The van der Waals surface area contributed by atoms with E-state index in [0.717, 1.165) is 24.8 Å². The maximum atomic E-state index is 14.1. The molecule has 1 N–H and O–H groups in total. The van der Waals surface area contributed by atoms with E-state index in [-0.39, 0.29) is 17.0 Å². The van der Waals surface area contributed by atoms with E-state index in [1.165, 1.54) is 16.4 Å². The van der Waals surface area contributed by atoms with Crippen LogP contribution in [0.4, 0.5) is 4.39 Å². The van der Waals surface area contributed by atoms with Crippen LogP contribution in [-0.4, -0.2) is 31.9 Å². The van der Waals surface area contributed by atoms with Crippen molar-refractivity contribution >= 4 is 10.0 Å². The van der Waals surface area contributed by atoms with Gasteiger partial charge in [-0.2, -0.15) is 4.31 Å². The lowest BCUT2D eigenvalue weighted by atomic mass is 10.2. The van der Waals surface area contributed by atoms with Gasteiger partial charge in [-0.25, -0.2) is 12.8 Å². The molecular formula is C15H23FN2O2S. The molecule has 1 aliphatic heterocycles.